The number of hydrogen-bond donors (Lipinski definition) is 4. The molecule has 118 valence electrons. The lowest BCUT2D eigenvalue weighted by molar-refractivity contribution is -0.122. The number of phenolic OH excluding ortho intramolecular Hbond substituents is 2. The smallest absolute Gasteiger partial charge is 0.237 e. The first-order valence-electron chi connectivity index (χ1n) is 6.33. The average molecular weight is 316 g/mol. The number of phenols is 2. The minimum atomic E-state index is -3.18. The van der Waals surface area contributed by atoms with E-state index in [1.165, 1.54) is 12.1 Å². The summed E-state index contributed by atoms with van der Waals surface area (Å²) in [7, 11) is -3.18. The Balaban J connectivity index is 2.60. The van der Waals surface area contributed by atoms with Crippen LogP contribution in [0.1, 0.15) is 12.5 Å². The van der Waals surface area contributed by atoms with E-state index in [1.807, 2.05) is 0 Å². The van der Waals surface area contributed by atoms with Gasteiger partial charge in [0.05, 0.1) is 11.8 Å². The van der Waals surface area contributed by atoms with Crippen LogP contribution in [-0.2, 0) is 21.1 Å². The van der Waals surface area contributed by atoms with Crippen LogP contribution in [0.3, 0.4) is 0 Å². The number of rotatable bonds is 6. The van der Waals surface area contributed by atoms with E-state index in [4.69, 9.17) is 5.73 Å². The maximum atomic E-state index is 11.9. The summed E-state index contributed by atoms with van der Waals surface area (Å²) in [5, 5.41) is 21.1. The van der Waals surface area contributed by atoms with E-state index >= 15 is 0 Å². The van der Waals surface area contributed by atoms with Gasteiger partial charge in [-0.25, -0.2) is 8.42 Å². The predicted molar refractivity (Wildman–Crippen MR) is 78.8 cm³/mol. The molecular formula is C13H20N2O5S. The van der Waals surface area contributed by atoms with Crippen molar-refractivity contribution < 1.29 is 23.4 Å². The van der Waals surface area contributed by atoms with Gasteiger partial charge in [-0.3, -0.25) is 4.79 Å². The quantitative estimate of drug-likeness (QED) is 0.524. The van der Waals surface area contributed by atoms with Crippen LogP contribution in [0.25, 0.3) is 0 Å². The van der Waals surface area contributed by atoms with E-state index in [-0.39, 0.29) is 23.7 Å². The summed E-state index contributed by atoms with van der Waals surface area (Å²) in [6.07, 6.45) is 1.25. The van der Waals surface area contributed by atoms with Crippen molar-refractivity contribution in [1.29, 1.82) is 0 Å². The highest BCUT2D eigenvalue weighted by Gasteiger charge is 2.19. The van der Waals surface area contributed by atoms with Crippen molar-refractivity contribution in [2.24, 2.45) is 5.73 Å². The lowest BCUT2D eigenvalue weighted by atomic mass is 10.1. The molecule has 0 radical (unpaired) electrons. The van der Waals surface area contributed by atoms with Crippen LogP contribution in [0, 0.1) is 0 Å². The molecule has 0 aliphatic rings. The van der Waals surface area contributed by atoms with Crippen LogP contribution >= 0.6 is 0 Å². The molecule has 0 aliphatic carbocycles. The highest BCUT2D eigenvalue weighted by Crippen LogP contribution is 2.25. The molecule has 5 N–H and O–H groups in total. The van der Waals surface area contributed by atoms with Crippen LogP contribution in [-0.4, -0.2) is 48.6 Å². The topological polar surface area (TPSA) is 130 Å². The maximum Gasteiger partial charge on any atom is 0.237 e. The van der Waals surface area contributed by atoms with E-state index in [0.29, 0.717) is 5.56 Å². The van der Waals surface area contributed by atoms with Crippen molar-refractivity contribution in [3.63, 3.8) is 0 Å². The number of aromatic hydroxyl groups is 2. The summed E-state index contributed by atoms with van der Waals surface area (Å²) in [4.78, 5) is 11.9. The molecule has 21 heavy (non-hydrogen) atoms. The molecule has 0 spiro atoms. The van der Waals surface area contributed by atoms with Gasteiger partial charge < -0.3 is 21.3 Å². The van der Waals surface area contributed by atoms with Gasteiger partial charge in [-0.05, 0) is 31.0 Å². The zero-order valence-electron chi connectivity index (χ0n) is 11.9. The van der Waals surface area contributed by atoms with Crippen LogP contribution in [0.2, 0.25) is 0 Å². The second-order valence-corrected chi connectivity index (χ2v) is 7.32. The summed E-state index contributed by atoms with van der Waals surface area (Å²) >= 11 is 0. The van der Waals surface area contributed by atoms with E-state index in [2.05, 4.69) is 5.32 Å². The Labute approximate surface area is 123 Å². The summed E-state index contributed by atoms with van der Waals surface area (Å²) in [5.41, 5.74) is 6.33. The van der Waals surface area contributed by atoms with Crippen LogP contribution in [0.4, 0.5) is 0 Å². The molecule has 1 rings (SSSR count). The Hall–Kier alpha value is -1.80. The second-order valence-electron chi connectivity index (χ2n) is 5.14. The van der Waals surface area contributed by atoms with Crippen LogP contribution in [0.5, 0.6) is 11.5 Å². The number of sulfone groups is 1. The molecule has 0 aromatic heterocycles. The van der Waals surface area contributed by atoms with Gasteiger partial charge in [0.25, 0.3) is 0 Å². The Morgan fingerprint density at radius 3 is 2.48 bits per heavy atom. The molecule has 0 bridgehead atoms. The largest absolute Gasteiger partial charge is 0.504 e. The van der Waals surface area contributed by atoms with Gasteiger partial charge in [-0.2, -0.15) is 0 Å². The summed E-state index contributed by atoms with van der Waals surface area (Å²) < 4.78 is 22.2. The summed E-state index contributed by atoms with van der Waals surface area (Å²) in [6, 6.07) is 2.76. The van der Waals surface area contributed by atoms with Gasteiger partial charge in [-0.1, -0.05) is 6.07 Å². The number of carbonyl (C=O) groups is 1. The van der Waals surface area contributed by atoms with Crippen molar-refractivity contribution in [2.45, 2.75) is 25.4 Å². The lowest BCUT2D eigenvalue weighted by Crippen LogP contribution is -2.47. The third kappa shape index (κ3) is 6.01. The molecule has 1 aromatic rings. The first-order valence-corrected chi connectivity index (χ1v) is 8.39. The molecule has 1 amide bonds. The molecule has 7 nitrogen and oxygen atoms in total. The van der Waals surface area contributed by atoms with Crippen LogP contribution < -0.4 is 11.1 Å². The minimum Gasteiger partial charge on any atom is -0.504 e. The van der Waals surface area contributed by atoms with Gasteiger partial charge in [0, 0.05) is 12.3 Å². The van der Waals surface area contributed by atoms with Gasteiger partial charge >= 0.3 is 0 Å². The SMILES string of the molecule is CC(CS(C)(=O)=O)NC(=O)[C@@H](N)Cc1ccc(O)c(O)c1. The van der Waals surface area contributed by atoms with Crippen molar-refractivity contribution in [3.8, 4) is 11.5 Å². The fourth-order valence-electron chi connectivity index (χ4n) is 1.89. The number of benzene rings is 1. The summed E-state index contributed by atoms with van der Waals surface area (Å²) in [6.45, 7) is 1.58. The number of nitrogens with one attached hydrogen (secondary N) is 1. The first kappa shape index (κ1) is 17.3. The van der Waals surface area contributed by atoms with Crippen LogP contribution in [0.15, 0.2) is 18.2 Å². The Morgan fingerprint density at radius 1 is 1.33 bits per heavy atom. The predicted octanol–water partition coefficient (Wildman–Crippen LogP) is -0.483. The third-order valence-electron chi connectivity index (χ3n) is 2.77. The van der Waals surface area contributed by atoms with Crippen molar-refractivity contribution >= 4 is 15.7 Å². The highest BCUT2D eigenvalue weighted by atomic mass is 32.2. The number of nitrogens with two attached hydrogens (primary N) is 1. The Bertz CT molecular complexity index is 615. The standard InChI is InChI=1S/C13H20N2O5S/c1-8(7-21(2,19)20)15-13(18)10(14)5-9-3-4-11(16)12(17)6-9/h3-4,6,8,10,16-17H,5,7,14H2,1-2H3,(H,15,18)/t8?,10-/m0/s1. The van der Waals surface area contributed by atoms with Gasteiger partial charge in [0.2, 0.25) is 5.91 Å². The molecule has 2 atom stereocenters. The minimum absolute atomic E-state index is 0.158. The molecule has 0 aliphatic heterocycles. The molecule has 1 unspecified atom stereocenters. The Kier molecular flexibility index (Phi) is 5.56. The van der Waals surface area contributed by atoms with Gasteiger partial charge in [0.1, 0.15) is 9.84 Å². The molecule has 0 saturated carbocycles. The van der Waals surface area contributed by atoms with E-state index in [9.17, 15) is 23.4 Å². The summed E-state index contributed by atoms with van der Waals surface area (Å²) in [5.74, 6) is -1.17. The van der Waals surface area contributed by atoms with E-state index in [0.717, 1.165) is 6.26 Å². The van der Waals surface area contributed by atoms with E-state index < -0.39 is 27.8 Å². The fraction of sp³-hybridized carbons (Fsp3) is 0.462. The van der Waals surface area contributed by atoms with Gasteiger partial charge in [-0.15, -0.1) is 0 Å². The molecule has 0 fully saturated rings. The third-order valence-corrected chi connectivity index (χ3v) is 3.88. The molecule has 0 saturated heterocycles. The zero-order valence-corrected chi connectivity index (χ0v) is 12.7. The number of amides is 1. The monoisotopic (exact) mass is 316 g/mol. The normalized spacial score (nSPS) is 14.4. The first-order chi connectivity index (χ1) is 9.58. The zero-order chi connectivity index (χ0) is 16.2. The second kappa shape index (κ2) is 6.77. The average Bonchev–Trinajstić information content (AvgIpc) is 2.31. The maximum absolute atomic E-state index is 11.9. The number of hydrogen-bond acceptors (Lipinski definition) is 6. The van der Waals surface area contributed by atoms with Crippen molar-refractivity contribution in [2.75, 3.05) is 12.0 Å². The van der Waals surface area contributed by atoms with Gasteiger partial charge in [0.15, 0.2) is 11.5 Å². The molecule has 8 heteroatoms. The molecule has 0 heterocycles. The lowest BCUT2D eigenvalue weighted by Gasteiger charge is -2.17. The molecular weight excluding hydrogens is 296 g/mol. The highest BCUT2D eigenvalue weighted by molar-refractivity contribution is 7.90. The van der Waals surface area contributed by atoms with E-state index in [1.54, 1.807) is 13.0 Å². The Morgan fingerprint density at radius 2 is 1.95 bits per heavy atom. The van der Waals surface area contributed by atoms with Crippen molar-refractivity contribution in [3.05, 3.63) is 23.8 Å². The fourth-order valence-corrected chi connectivity index (χ4v) is 2.88. The van der Waals surface area contributed by atoms with Crippen molar-refractivity contribution in [1.82, 2.24) is 5.32 Å². The number of carbonyl (C=O) groups excluding carboxylic acids is 1. The molecule has 1 aromatic carbocycles.